The van der Waals surface area contributed by atoms with Gasteiger partial charge >= 0.3 is 6.03 Å². The van der Waals surface area contributed by atoms with Crippen LogP contribution in [0.4, 0.5) is 21.9 Å². The van der Waals surface area contributed by atoms with Crippen LogP contribution in [0.25, 0.3) is 0 Å². The lowest BCUT2D eigenvalue weighted by Gasteiger charge is -2.09. The van der Waals surface area contributed by atoms with Crippen LogP contribution in [-0.2, 0) is 9.05 Å². The van der Waals surface area contributed by atoms with Gasteiger partial charge < -0.3 is 10.6 Å². The normalized spacial score (nSPS) is 10.9. The summed E-state index contributed by atoms with van der Waals surface area (Å²) >= 11 is 5.81. The zero-order valence-corrected chi connectivity index (χ0v) is 14.0. The largest absolute Gasteiger partial charge is 0.323 e. The zero-order valence-electron chi connectivity index (χ0n) is 11.7. The van der Waals surface area contributed by atoms with Crippen molar-refractivity contribution in [2.75, 3.05) is 10.6 Å². The Morgan fingerprint density at radius 1 is 1.04 bits per heavy atom. The van der Waals surface area contributed by atoms with Crippen LogP contribution in [0.5, 0.6) is 0 Å². The number of nitro groups is 1. The summed E-state index contributed by atoms with van der Waals surface area (Å²) in [5.74, 6) is 0. The number of non-ortho nitro benzene ring substituents is 1. The van der Waals surface area contributed by atoms with Gasteiger partial charge in [-0.1, -0.05) is 11.6 Å². The molecule has 2 N–H and O–H groups in total. The molecule has 0 aliphatic heterocycles. The lowest BCUT2D eigenvalue weighted by atomic mass is 10.3. The highest BCUT2D eigenvalue weighted by molar-refractivity contribution is 8.13. The van der Waals surface area contributed by atoms with Crippen LogP contribution in [0.2, 0.25) is 5.02 Å². The van der Waals surface area contributed by atoms with Gasteiger partial charge in [0, 0.05) is 34.2 Å². The van der Waals surface area contributed by atoms with Crippen LogP contribution < -0.4 is 10.6 Å². The topological polar surface area (TPSA) is 118 Å². The van der Waals surface area contributed by atoms with Crippen molar-refractivity contribution in [2.24, 2.45) is 0 Å². The minimum atomic E-state index is -3.98. The number of nitrogens with one attached hydrogen (secondary N) is 2. The quantitative estimate of drug-likeness (QED) is 0.467. The maximum Gasteiger partial charge on any atom is 0.323 e. The predicted octanol–water partition coefficient (Wildman–Crippen LogP) is 3.82. The molecule has 0 spiro atoms. The van der Waals surface area contributed by atoms with E-state index in [-0.39, 0.29) is 21.3 Å². The third-order valence-electron chi connectivity index (χ3n) is 2.79. The van der Waals surface area contributed by atoms with Crippen molar-refractivity contribution in [3.05, 3.63) is 57.6 Å². The molecule has 0 bridgehead atoms. The molecule has 0 aliphatic rings. The Hall–Kier alpha value is -2.36. The van der Waals surface area contributed by atoms with Gasteiger partial charge in [-0.3, -0.25) is 10.1 Å². The van der Waals surface area contributed by atoms with Gasteiger partial charge in [0.2, 0.25) is 0 Å². The number of hydrogen-bond donors (Lipinski definition) is 2. The van der Waals surface area contributed by atoms with E-state index in [1.54, 1.807) is 0 Å². The average molecular weight is 390 g/mol. The summed E-state index contributed by atoms with van der Waals surface area (Å²) in [7, 11) is 1.22. The van der Waals surface area contributed by atoms with Crippen molar-refractivity contribution in [3.8, 4) is 0 Å². The number of halogens is 2. The summed E-state index contributed by atoms with van der Waals surface area (Å²) in [6, 6.07) is 8.29. The predicted molar refractivity (Wildman–Crippen MR) is 90.2 cm³/mol. The van der Waals surface area contributed by atoms with Gasteiger partial charge in [-0.25, -0.2) is 13.2 Å². The molecule has 2 rings (SSSR count). The van der Waals surface area contributed by atoms with E-state index >= 15 is 0 Å². The van der Waals surface area contributed by atoms with Crippen LogP contribution in [0.3, 0.4) is 0 Å². The van der Waals surface area contributed by atoms with E-state index < -0.39 is 20.0 Å². The summed E-state index contributed by atoms with van der Waals surface area (Å²) in [6.45, 7) is 0. The molecule has 0 heterocycles. The Bertz CT molecular complexity index is 900. The molecule has 2 aromatic rings. The monoisotopic (exact) mass is 389 g/mol. The lowest BCUT2D eigenvalue weighted by molar-refractivity contribution is -0.384. The van der Waals surface area contributed by atoms with E-state index in [0.29, 0.717) is 5.69 Å². The number of nitro benzene ring substituents is 1. The van der Waals surface area contributed by atoms with E-state index in [1.165, 1.54) is 36.4 Å². The van der Waals surface area contributed by atoms with Gasteiger partial charge in [-0.15, -0.1) is 0 Å². The van der Waals surface area contributed by atoms with E-state index in [9.17, 15) is 23.3 Å². The first kappa shape index (κ1) is 18.0. The van der Waals surface area contributed by atoms with Gasteiger partial charge in [0.15, 0.2) is 0 Å². The van der Waals surface area contributed by atoms with E-state index in [1.807, 2.05) is 0 Å². The molecule has 0 atom stereocenters. The van der Waals surface area contributed by atoms with Crippen LogP contribution in [0, 0.1) is 10.1 Å². The van der Waals surface area contributed by atoms with Crippen LogP contribution in [0.15, 0.2) is 47.4 Å². The second-order valence-corrected chi connectivity index (χ2v) is 7.41. The van der Waals surface area contributed by atoms with Crippen LogP contribution in [0.1, 0.15) is 0 Å². The molecule has 126 valence electrons. The molecule has 0 aliphatic carbocycles. The first-order valence-electron chi connectivity index (χ1n) is 6.23. The summed E-state index contributed by atoms with van der Waals surface area (Å²) < 4.78 is 22.5. The molecular weight excluding hydrogens is 381 g/mol. The standard InChI is InChI=1S/C13H9Cl2N3O5S/c14-11-7-9(3-6-12(11)24(15,22)23)17-13(19)16-8-1-4-10(5-2-8)18(20)21/h1-7H,(H2,16,17,19). The number of nitrogens with zero attached hydrogens (tertiary/aromatic N) is 1. The van der Waals surface area contributed by atoms with Crippen LogP contribution in [-0.4, -0.2) is 19.4 Å². The molecule has 0 fully saturated rings. The fourth-order valence-electron chi connectivity index (χ4n) is 1.74. The number of rotatable bonds is 4. The van der Waals surface area contributed by atoms with E-state index in [4.69, 9.17) is 22.3 Å². The number of urea groups is 1. The molecular formula is C13H9Cl2N3O5S. The zero-order chi connectivity index (χ0) is 17.9. The Kier molecular flexibility index (Phi) is 5.27. The highest BCUT2D eigenvalue weighted by Gasteiger charge is 2.15. The number of carbonyl (C=O) groups is 1. The molecule has 0 saturated carbocycles. The fraction of sp³-hybridized carbons (Fsp3) is 0. The lowest BCUT2D eigenvalue weighted by Crippen LogP contribution is -2.19. The van der Waals surface area contributed by atoms with Crippen molar-refractivity contribution >= 4 is 54.4 Å². The van der Waals surface area contributed by atoms with Gasteiger partial charge in [0.1, 0.15) is 4.90 Å². The van der Waals surface area contributed by atoms with Gasteiger partial charge in [0.05, 0.1) is 9.95 Å². The number of carbonyl (C=O) groups excluding carboxylic acids is 1. The Labute approximate surface area is 146 Å². The smallest absolute Gasteiger partial charge is 0.308 e. The SMILES string of the molecule is O=C(Nc1ccc([N+](=O)[O-])cc1)Nc1ccc(S(=O)(=O)Cl)c(Cl)c1. The van der Waals surface area contributed by atoms with Crippen molar-refractivity contribution in [3.63, 3.8) is 0 Å². The molecule has 0 aromatic heterocycles. The second kappa shape index (κ2) is 7.04. The Morgan fingerprint density at radius 3 is 2.08 bits per heavy atom. The number of hydrogen-bond acceptors (Lipinski definition) is 5. The van der Waals surface area contributed by atoms with Gasteiger partial charge in [-0.2, -0.15) is 0 Å². The molecule has 11 heteroatoms. The van der Waals surface area contributed by atoms with Crippen LogP contribution >= 0.6 is 22.3 Å². The number of anilines is 2. The third-order valence-corrected chi connectivity index (χ3v) is 4.59. The maximum atomic E-state index is 11.9. The Balaban J connectivity index is 2.07. The van der Waals surface area contributed by atoms with Crippen molar-refractivity contribution in [1.29, 1.82) is 0 Å². The van der Waals surface area contributed by atoms with Crippen molar-refractivity contribution in [2.45, 2.75) is 4.90 Å². The fourth-order valence-corrected chi connectivity index (χ4v) is 3.27. The average Bonchev–Trinajstić information content (AvgIpc) is 2.46. The maximum absolute atomic E-state index is 11.9. The highest BCUT2D eigenvalue weighted by atomic mass is 35.7. The third kappa shape index (κ3) is 4.57. The summed E-state index contributed by atoms with van der Waals surface area (Å²) in [5, 5.41) is 15.3. The van der Waals surface area contributed by atoms with E-state index in [2.05, 4.69) is 10.6 Å². The minimum absolute atomic E-state index is 0.106. The molecule has 0 radical (unpaired) electrons. The Morgan fingerprint density at radius 2 is 1.58 bits per heavy atom. The first-order valence-corrected chi connectivity index (χ1v) is 8.92. The molecule has 0 saturated heterocycles. The second-order valence-electron chi connectivity index (χ2n) is 4.47. The summed E-state index contributed by atoms with van der Waals surface area (Å²) in [4.78, 5) is 21.6. The molecule has 2 aromatic carbocycles. The van der Waals surface area contributed by atoms with Gasteiger partial charge in [0.25, 0.3) is 14.7 Å². The number of benzene rings is 2. The minimum Gasteiger partial charge on any atom is -0.308 e. The van der Waals surface area contributed by atoms with Crippen molar-refractivity contribution < 1.29 is 18.1 Å². The molecule has 2 amide bonds. The summed E-state index contributed by atoms with van der Waals surface area (Å²) in [6.07, 6.45) is 0. The summed E-state index contributed by atoms with van der Waals surface area (Å²) in [5.41, 5.74) is 0.471. The molecule has 24 heavy (non-hydrogen) atoms. The highest BCUT2D eigenvalue weighted by Crippen LogP contribution is 2.27. The number of amides is 2. The van der Waals surface area contributed by atoms with Gasteiger partial charge in [-0.05, 0) is 30.3 Å². The molecule has 8 nitrogen and oxygen atoms in total. The molecule has 0 unspecified atom stereocenters. The first-order chi connectivity index (χ1) is 11.2. The van der Waals surface area contributed by atoms with Crippen molar-refractivity contribution in [1.82, 2.24) is 0 Å². The van der Waals surface area contributed by atoms with E-state index in [0.717, 1.165) is 6.07 Å².